The summed E-state index contributed by atoms with van der Waals surface area (Å²) < 4.78 is 11.1. The average molecular weight is 449 g/mol. The van der Waals surface area contributed by atoms with Crippen LogP contribution in [0.2, 0.25) is 0 Å². The van der Waals surface area contributed by atoms with Gasteiger partial charge in [-0.3, -0.25) is 4.99 Å². The van der Waals surface area contributed by atoms with E-state index in [1.54, 1.807) is 0 Å². The summed E-state index contributed by atoms with van der Waals surface area (Å²) in [6.07, 6.45) is 0. The summed E-state index contributed by atoms with van der Waals surface area (Å²) in [5.74, 6) is 1.21. The van der Waals surface area contributed by atoms with Gasteiger partial charge in [-0.15, -0.1) is 24.0 Å². The minimum absolute atomic E-state index is 0. The molecule has 1 unspecified atom stereocenters. The van der Waals surface area contributed by atoms with Crippen LogP contribution in [0.25, 0.3) is 0 Å². The maximum absolute atomic E-state index is 5.76. The maximum Gasteiger partial charge on any atom is 0.191 e. The zero-order chi connectivity index (χ0) is 16.8. The first-order valence-corrected chi connectivity index (χ1v) is 8.47. The summed E-state index contributed by atoms with van der Waals surface area (Å²) in [4.78, 5) is 4.60. The highest BCUT2D eigenvalue weighted by Gasteiger charge is 2.03. The minimum atomic E-state index is 0. The van der Waals surface area contributed by atoms with Gasteiger partial charge in [0, 0.05) is 26.2 Å². The number of rotatable bonds is 11. The predicted octanol–water partition coefficient (Wildman–Crippen LogP) is 3.05. The highest BCUT2D eigenvalue weighted by atomic mass is 127. The highest BCUT2D eigenvalue weighted by molar-refractivity contribution is 14.0. The molecule has 138 valence electrons. The van der Waals surface area contributed by atoms with Gasteiger partial charge in [0.25, 0.3) is 0 Å². The Morgan fingerprint density at radius 3 is 2.54 bits per heavy atom. The Bertz CT molecular complexity index is 430. The van der Waals surface area contributed by atoms with E-state index in [0.29, 0.717) is 25.7 Å². The number of benzene rings is 1. The lowest BCUT2D eigenvalue weighted by molar-refractivity contribution is 0.0944. The second kappa shape index (κ2) is 15.7. The first-order valence-electron chi connectivity index (χ1n) is 8.47. The van der Waals surface area contributed by atoms with Gasteiger partial charge in [0.15, 0.2) is 5.96 Å². The molecule has 0 aliphatic carbocycles. The second-order valence-corrected chi connectivity index (χ2v) is 5.45. The SMILES string of the molecule is CCNC(=NCC(C)COCc1ccccc1)NCCOCC.I. The van der Waals surface area contributed by atoms with Crippen molar-refractivity contribution >= 4 is 29.9 Å². The van der Waals surface area contributed by atoms with Crippen molar-refractivity contribution in [1.82, 2.24) is 10.6 Å². The molecule has 24 heavy (non-hydrogen) atoms. The quantitative estimate of drug-likeness (QED) is 0.236. The Morgan fingerprint density at radius 1 is 1.12 bits per heavy atom. The Labute approximate surface area is 163 Å². The van der Waals surface area contributed by atoms with E-state index in [-0.39, 0.29) is 24.0 Å². The zero-order valence-corrected chi connectivity index (χ0v) is 17.4. The molecule has 0 radical (unpaired) electrons. The van der Waals surface area contributed by atoms with E-state index in [1.165, 1.54) is 5.56 Å². The molecular weight excluding hydrogens is 417 g/mol. The molecule has 0 amide bonds. The molecule has 1 atom stereocenters. The van der Waals surface area contributed by atoms with E-state index in [2.05, 4.69) is 41.6 Å². The number of nitrogens with zero attached hydrogens (tertiary/aromatic N) is 1. The first-order chi connectivity index (χ1) is 11.3. The van der Waals surface area contributed by atoms with E-state index < -0.39 is 0 Å². The van der Waals surface area contributed by atoms with Crippen LogP contribution < -0.4 is 10.6 Å². The van der Waals surface area contributed by atoms with Gasteiger partial charge in [-0.05, 0) is 25.3 Å². The number of aliphatic imine (C=N–C) groups is 1. The predicted molar refractivity (Wildman–Crippen MR) is 111 cm³/mol. The van der Waals surface area contributed by atoms with Crippen molar-refractivity contribution in [2.45, 2.75) is 27.4 Å². The molecule has 1 rings (SSSR count). The van der Waals surface area contributed by atoms with E-state index >= 15 is 0 Å². The van der Waals surface area contributed by atoms with Crippen LogP contribution in [0, 0.1) is 5.92 Å². The van der Waals surface area contributed by atoms with Crippen molar-refractivity contribution in [3.63, 3.8) is 0 Å². The number of nitrogens with one attached hydrogen (secondary N) is 2. The summed E-state index contributed by atoms with van der Waals surface area (Å²) in [6, 6.07) is 10.2. The molecular formula is C18H32IN3O2. The molecule has 0 fully saturated rings. The molecule has 0 heterocycles. The van der Waals surface area contributed by atoms with Crippen LogP contribution in [0.3, 0.4) is 0 Å². The molecule has 1 aromatic carbocycles. The third-order valence-corrected chi connectivity index (χ3v) is 3.16. The maximum atomic E-state index is 5.76. The van der Waals surface area contributed by atoms with Crippen LogP contribution in [0.1, 0.15) is 26.3 Å². The van der Waals surface area contributed by atoms with E-state index in [1.807, 2.05) is 25.1 Å². The summed E-state index contributed by atoms with van der Waals surface area (Å²) in [5.41, 5.74) is 1.20. The topological polar surface area (TPSA) is 54.9 Å². The van der Waals surface area contributed by atoms with E-state index in [0.717, 1.165) is 32.2 Å². The third kappa shape index (κ3) is 11.6. The summed E-state index contributed by atoms with van der Waals surface area (Å²) in [5, 5.41) is 6.51. The van der Waals surface area contributed by atoms with Gasteiger partial charge in [0.1, 0.15) is 0 Å². The first kappa shape index (κ1) is 23.1. The molecule has 0 saturated heterocycles. The standard InChI is InChI=1S/C18H31N3O2.HI/c1-4-19-18(20-11-12-22-5-2)21-13-16(3)14-23-15-17-9-7-6-8-10-17;/h6-10,16H,4-5,11-15H2,1-3H3,(H2,19,20,21);1H. The molecule has 0 aliphatic heterocycles. The lowest BCUT2D eigenvalue weighted by atomic mass is 10.2. The third-order valence-electron chi connectivity index (χ3n) is 3.16. The van der Waals surface area contributed by atoms with Crippen molar-refractivity contribution in [2.24, 2.45) is 10.9 Å². The lowest BCUT2D eigenvalue weighted by Gasteiger charge is -2.14. The average Bonchev–Trinajstić information content (AvgIpc) is 2.57. The molecule has 5 nitrogen and oxygen atoms in total. The van der Waals surface area contributed by atoms with Gasteiger partial charge in [-0.2, -0.15) is 0 Å². The fourth-order valence-electron chi connectivity index (χ4n) is 1.98. The van der Waals surface area contributed by atoms with Crippen molar-refractivity contribution in [3.8, 4) is 0 Å². The van der Waals surface area contributed by atoms with Gasteiger partial charge in [0.05, 0.1) is 19.8 Å². The molecule has 6 heteroatoms. The van der Waals surface area contributed by atoms with Crippen LogP contribution in [-0.2, 0) is 16.1 Å². The number of hydrogen-bond donors (Lipinski definition) is 2. The second-order valence-electron chi connectivity index (χ2n) is 5.45. The number of guanidine groups is 1. The normalized spacial score (nSPS) is 12.4. The largest absolute Gasteiger partial charge is 0.380 e. The van der Waals surface area contributed by atoms with Crippen molar-refractivity contribution in [2.75, 3.05) is 39.5 Å². The fraction of sp³-hybridized carbons (Fsp3) is 0.611. The van der Waals surface area contributed by atoms with E-state index in [4.69, 9.17) is 9.47 Å². The van der Waals surface area contributed by atoms with Crippen LogP contribution in [0.4, 0.5) is 0 Å². The molecule has 0 spiro atoms. The zero-order valence-electron chi connectivity index (χ0n) is 15.1. The molecule has 0 aromatic heterocycles. The minimum Gasteiger partial charge on any atom is -0.380 e. The van der Waals surface area contributed by atoms with Crippen LogP contribution >= 0.6 is 24.0 Å². The molecule has 0 saturated carbocycles. The van der Waals surface area contributed by atoms with Crippen LogP contribution in [0.15, 0.2) is 35.3 Å². The van der Waals surface area contributed by atoms with Crippen LogP contribution in [0.5, 0.6) is 0 Å². The molecule has 1 aromatic rings. The Hall–Kier alpha value is -0.860. The highest BCUT2D eigenvalue weighted by Crippen LogP contribution is 2.03. The molecule has 0 aliphatic rings. The van der Waals surface area contributed by atoms with Gasteiger partial charge in [-0.25, -0.2) is 0 Å². The lowest BCUT2D eigenvalue weighted by Crippen LogP contribution is -2.39. The van der Waals surface area contributed by atoms with Crippen molar-refractivity contribution in [1.29, 1.82) is 0 Å². The van der Waals surface area contributed by atoms with Gasteiger partial charge in [-0.1, -0.05) is 37.3 Å². The number of ether oxygens (including phenoxy) is 2. The molecule has 0 bridgehead atoms. The Kier molecular flexibility index (Phi) is 15.1. The van der Waals surface area contributed by atoms with E-state index in [9.17, 15) is 0 Å². The number of hydrogen-bond acceptors (Lipinski definition) is 3. The smallest absolute Gasteiger partial charge is 0.191 e. The Morgan fingerprint density at radius 2 is 1.88 bits per heavy atom. The van der Waals surface area contributed by atoms with Crippen LogP contribution in [-0.4, -0.2) is 45.4 Å². The number of halogens is 1. The molecule has 2 N–H and O–H groups in total. The fourth-order valence-corrected chi connectivity index (χ4v) is 1.98. The van der Waals surface area contributed by atoms with Gasteiger partial charge < -0.3 is 20.1 Å². The summed E-state index contributed by atoms with van der Waals surface area (Å²) >= 11 is 0. The summed E-state index contributed by atoms with van der Waals surface area (Å²) in [7, 11) is 0. The Balaban J connectivity index is 0.00000529. The van der Waals surface area contributed by atoms with Crippen molar-refractivity contribution in [3.05, 3.63) is 35.9 Å². The summed E-state index contributed by atoms with van der Waals surface area (Å²) in [6.45, 7) is 11.3. The van der Waals surface area contributed by atoms with Gasteiger partial charge in [0.2, 0.25) is 0 Å². The van der Waals surface area contributed by atoms with Gasteiger partial charge >= 0.3 is 0 Å². The monoisotopic (exact) mass is 449 g/mol. The van der Waals surface area contributed by atoms with Crippen molar-refractivity contribution < 1.29 is 9.47 Å².